The number of nitro benzene ring substituents is 1. The number of hydrogen-bond donors (Lipinski definition) is 4. The number of nitrogens with zero attached hydrogens (tertiary/aromatic N) is 2. The van der Waals surface area contributed by atoms with E-state index in [1.165, 1.54) is 19.2 Å². The van der Waals surface area contributed by atoms with Crippen LogP contribution in [0.25, 0.3) is 0 Å². The second-order valence-electron chi connectivity index (χ2n) is 14.3. The standard InChI is InChI=1S/C38H61N5O8/c1-9-13-14-33(44)42(21-10-2)31(25(5)6)23-32(51-37(48)39-8)34(26(7)11-3)41-30(12-4)35(45)40-28(24-38(19-20-38)36(46)47)22-27-15-17-29(18-16-27)43(49)50/h12,15-18,25-26,28,31-32,34,41H,9-11,13-14,19-24H2,1-8H3,(H,39,48)(H,40,45)(H,46,47)/b30-12-. The maximum absolute atomic E-state index is 14.0. The monoisotopic (exact) mass is 715 g/mol. The molecule has 0 heterocycles. The number of carboxylic acids is 1. The molecule has 1 aliphatic rings. The van der Waals surface area contributed by atoms with Gasteiger partial charge in [-0.05, 0) is 62.8 Å². The second kappa shape index (κ2) is 20.6. The molecule has 5 unspecified atom stereocenters. The fourth-order valence-electron chi connectivity index (χ4n) is 6.57. The molecule has 13 nitrogen and oxygen atoms in total. The lowest BCUT2D eigenvalue weighted by Gasteiger charge is -2.40. The van der Waals surface area contributed by atoms with Crippen molar-refractivity contribution in [3.8, 4) is 0 Å². The molecule has 1 aromatic carbocycles. The molecule has 3 amide bonds. The average Bonchev–Trinajstić information content (AvgIpc) is 3.89. The van der Waals surface area contributed by atoms with Crippen molar-refractivity contribution in [3.05, 3.63) is 51.7 Å². The molecule has 51 heavy (non-hydrogen) atoms. The lowest BCUT2D eigenvalue weighted by molar-refractivity contribution is -0.384. The van der Waals surface area contributed by atoms with E-state index in [1.807, 2.05) is 25.7 Å². The number of amides is 3. The van der Waals surface area contributed by atoms with Gasteiger partial charge in [-0.25, -0.2) is 4.79 Å². The molecule has 0 aromatic heterocycles. The fraction of sp³-hybridized carbons (Fsp3) is 0.684. The molecule has 1 aromatic rings. The van der Waals surface area contributed by atoms with Crippen molar-refractivity contribution >= 4 is 29.6 Å². The highest BCUT2D eigenvalue weighted by Gasteiger charge is 2.51. The molecule has 1 fully saturated rings. The maximum atomic E-state index is 14.0. The highest BCUT2D eigenvalue weighted by molar-refractivity contribution is 5.93. The summed E-state index contributed by atoms with van der Waals surface area (Å²) >= 11 is 0. The van der Waals surface area contributed by atoms with Crippen LogP contribution in [-0.4, -0.2) is 76.6 Å². The molecular weight excluding hydrogens is 654 g/mol. The molecule has 286 valence electrons. The molecule has 0 radical (unpaired) electrons. The zero-order chi connectivity index (χ0) is 38.3. The van der Waals surface area contributed by atoms with Crippen LogP contribution in [0.5, 0.6) is 0 Å². The summed E-state index contributed by atoms with van der Waals surface area (Å²) in [6.07, 6.45) is 5.78. The number of carbonyl (C=O) groups is 4. The van der Waals surface area contributed by atoms with Gasteiger partial charge in [-0.15, -0.1) is 0 Å². The summed E-state index contributed by atoms with van der Waals surface area (Å²) in [4.78, 5) is 65.0. The van der Waals surface area contributed by atoms with E-state index >= 15 is 0 Å². The molecular formula is C38H61N5O8. The van der Waals surface area contributed by atoms with Crippen LogP contribution >= 0.6 is 0 Å². The molecule has 0 aliphatic heterocycles. The number of allylic oxidation sites excluding steroid dienone is 1. The minimum atomic E-state index is -0.932. The van der Waals surface area contributed by atoms with E-state index in [4.69, 9.17) is 4.74 Å². The Bertz CT molecular complexity index is 1340. The number of ether oxygens (including phenoxy) is 1. The Morgan fingerprint density at radius 3 is 2.18 bits per heavy atom. The van der Waals surface area contributed by atoms with Gasteiger partial charge in [0, 0.05) is 50.7 Å². The number of hydrogen-bond acceptors (Lipinski definition) is 8. The lowest BCUT2D eigenvalue weighted by Crippen LogP contribution is -2.54. The Labute approximate surface area is 303 Å². The van der Waals surface area contributed by atoms with Gasteiger partial charge in [0.25, 0.3) is 11.6 Å². The Hall–Kier alpha value is -4.16. The van der Waals surface area contributed by atoms with Gasteiger partial charge in [0.05, 0.1) is 22.1 Å². The van der Waals surface area contributed by atoms with E-state index in [1.54, 1.807) is 25.1 Å². The Kier molecular flexibility index (Phi) is 17.4. The zero-order valence-corrected chi connectivity index (χ0v) is 31.8. The number of nitrogens with one attached hydrogen (secondary N) is 3. The third kappa shape index (κ3) is 12.8. The highest BCUT2D eigenvalue weighted by atomic mass is 16.6. The molecule has 1 saturated carbocycles. The first-order valence-electron chi connectivity index (χ1n) is 18.5. The van der Waals surface area contributed by atoms with Crippen molar-refractivity contribution in [2.24, 2.45) is 17.3 Å². The van der Waals surface area contributed by atoms with E-state index < -0.39 is 46.5 Å². The van der Waals surface area contributed by atoms with Crippen LogP contribution in [0.3, 0.4) is 0 Å². The molecule has 0 bridgehead atoms. The summed E-state index contributed by atoms with van der Waals surface area (Å²) in [5.41, 5.74) is -0.0244. The van der Waals surface area contributed by atoms with Gasteiger partial charge in [0.2, 0.25) is 5.91 Å². The topological polar surface area (TPSA) is 180 Å². The first-order valence-corrected chi connectivity index (χ1v) is 18.5. The first kappa shape index (κ1) is 43.0. The summed E-state index contributed by atoms with van der Waals surface area (Å²) < 4.78 is 6.04. The summed E-state index contributed by atoms with van der Waals surface area (Å²) in [7, 11) is 1.49. The van der Waals surface area contributed by atoms with Crippen LogP contribution in [0.2, 0.25) is 0 Å². The molecule has 5 atom stereocenters. The number of nitro groups is 1. The number of aliphatic carboxylic acids is 1. The number of non-ortho nitro benzene ring substituents is 1. The second-order valence-corrected chi connectivity index (χ2v) is 14.3. The van der Waals surface area contributed by atoms with Gasteiger partial charge in [0.1, 0.15) is 6.10 Å². The van der Waals surface area contributed by atoms with Crippen molar-refractivity contribution in [1.29, 1.82) is 0 Å². The van der Waals surface area contributed by atoms with Gasteiger partial charge in [-0.1, -0.05) is 72.6 Å². The van der Waals surface area contributed by atoms with Gasteiger partial charge < -0.3 is 30.7 Å². The fourth-order valence-corrected chi connectivity index (χ4v) is 6.57. The van der Waals surface area contributed by atoms with Gasteiger partial charge >= 0.3 is 12.1 Å². The van der Waals surface area contributed by atoms with E-state index in [-0.39, 0.29) is 48.0 Å². The Morgan fingerprint density at radius 1 is 1.06 bits per heavy atom. The summed E-state index contributed by atoms with van der Waals surface area (Å²) in [6.45, 7) is 14.5. The minimum absolute atomic E-state index is 0.0589. The average molecular weight is 716 g/mol. The van der Waals surface area contributed by atoms with Crippen molar-refractivity contribution in [2.75, 3.05) is 13.6 Å². The van der Waals surface area contributed by atoms with E-state index in [0.29, 0.717) is 38.6 Å². The van der Waals surface area contributed by atoms with Crippen LogP contribution in [0, 0.1) is 27.4 Å². The van der Waals surface area contributed by atoms with Crippen LogP contribution in [-0.2, 0) is 25.5 Å². The van der Waals surface area contributed by atoms with Crippen LogP contribution in [0.1, 0.15) is 112 Å². The van der Waals surface area contributed by atoms with Gasteiger partial charge in [0.15, 0.2) is 0 Å². The molecule has 2 rings (SSSR count). The highest BCUT2D eigenvalue weighted by Crippen LogP contribution is 2.50. The van der Waals surface area contributed by atoms with Crippen molar-refractivity contribution in [2.45, 2.75) is 137 Å². The summed E-state index contributed by atoms with van der Waals surface area (Å²) in [5, 5.41) is 30.1. The zero-order valence-electron chi connectivity index (χ0n) is 31.8. The van der Waals surface area contributed by atoms with Crippen molar-refractivity contribution in [3.63, 3.8) is 0 Å². The van der Waals surface area contributed by atoms with Crippen LogP contribution in [0.15, 0.2) is 36.0 Å². The SMILES string of the molecule is C/C=C(\NC(C(C)CC)C(CC(C(C)C)N(CCC)C(=O)CCCC)OC(=O)NC)C(=O)NC(Cc1ccc([N+](=O)[O-])cc1)CC1(C(=O)O)CC1. The van der Waals surface area contributed by atoms with Crippen molar-refractivity contribution in [1.82, 2.24) is 20.9 Å². The Morgan fingerprint density at radius 2 is 1.71 bits per heavy atom. The largest absolute Gasteiger partial charge is 0.481 e. The van der Waals surface area contributed by atoms with Crippen molar-refractivity contribution < 1.29 is 33.9 Å². The predicted molar refractivity (Wildman–Crippen MR) is 197 cm³/mol. The number of alkyl carbamates (subject to hydrolysis) is 1. The third-order valence-corrected chi connectivity index (χ3v) is 10.1. The Balaban J connectivity index is 2.44. The van der Waals surface area contributed by atoms with E-state index in [0.717, 1.165) is 24.8 Å². The number of unbranched alkanes of at least 4 members (excludes halogenated alkanes) is 1. The smallest absolute Gasteiger partial charge is 0.407 e. The number of benzene rings is 1. The molecule has 0 saturated heterocycles. The number of rotatable bonds is 23. The molecule has 1 aliphatic carbocycles. The van der Waals surface area contributed by atoms with E-state index in [2.05, 4.69) is 36.7 Å². The van der Waals surface area contributed by atoms with Crippen LogP contribution < -0.4 is 16.0 Å². The molecule has 13 heteroatoms. The third-order valence-electron chi connectivity index (χ3n) is 10.1. The van der Waals surface area contributed by atoms with E-state index in [9.17, 15) is 34.4 Å². The predicted octanol–water partition coefficient (Wildman–Crippen LogP) is 6.35. The van der Waals surface area contributed by atoms with Gasteiger partial charge in [-0.2, -0.15) is 0 Å². The molecule has 0 spiro atoms. The maximum Gasteiger partial charge on any atom is 0.407 e. The number of carboxylic acid groups (broad SMARTS) is 1. The first-order chi connectivity index (χ1) is 24.2. The van der Waals surface area contributed by atoms with Crippen LogP contribution in [0.4, 0.5) is 10.5 Å². The van der Waals surface area contributed by atoms with Gasteiger partial charge in [-0.3, -0.25) is 24.5 Å². The summed E-state index contributed by atoms with van der Waals surface area (Å²) in [5.74, 6) is -1.29. The summed E-state index contributed by atoms with van der Waals surface area (Å²) in [6, 6.07) is 4.71. The quantitative estimate of drug-likeness (QED) is 0.0570. The number of carbonyl (C=O) groups excluding carboxylic acids is 3. The lowest BCUT2D eigenvalue weighted by atomic mass is 9.86. The normalized spacial score (nSPS) is 16.6. The molecule has 4 N–H and O–H groups in total. The minimum Gasteiger partial charge on any atom is -0.481 e.